The van der Waals surface area contributed by atoms with Gasteiger partial charge in [0, 0.05) is 18.7 Å². The van der Waals surface area contributed by atoms with Crippen LogP contribution in [-0.2, 0) is 6.42 Å². The van der Waals surface area contributed by atoms with Crippen LogP contribution in [-0.4, -0.2) is 28.7 Å². The maximum Gasteiger partial charge on any atom is 0.254 e. The number of carbonyl (C=O) groups is 1. The monoisotopic (exact) mass is 285 g/mol. The number of hydrogen-bond acceptors (Lipinski definition) is 4. The number of hydrogen-bond donors (Lipinski definition) is 1. The Balaban J connectivity index is 1.95. The number of nitrogens with one attached hydrogen (secondary N) is 1. The summed E-state index contributed by atoms with van der Waals surface area (Å²) < 4.78 is 0. The molecular weight excluding hydrogens is 270 g/mol. The Morgan fingerprint density at radius 2 is 2.15 bits per heavy atom. The summed E-state index contributed by atoms with van der Waals surface area (Å²) in [6.45, 7) is 0.631. The van der Waals surface area contributed by atoms with Crippen molar-refractivity contribution in [3.05, 3.63) is 53.3 Å². The molecule has 1 aliphatic rings. The lowest BCUT2D eigenvalue weighted by molar-refractivity contribution is 0.0937. The Hall–Kier alpha value is -1.88. The van der Waals surface area contributed by atoms with E-state index in [0.717, 1.165) is 17.3 Å². The van der Waals surface area contributed by atoms with E-state index in [1.807, 2.05) is 24.5 Å². The minimum atomic E-state index is -0.0723. The van der Waals surface area contributed by atoms with Crippen molar-refractivity contribution < 1.29 is 4.79 Å². The van der Waals surface area contributed by atoms with Crippen molar-refractivity contribution in [3.8, 4) is 0 Å². The van der Waals surface area contributed by atoms with Gasteiger partial charge in [0.1, 0.15) is 0 Å². The van der Waals surface area contributed by atoms with Gasteiger partial charge >= 0.3 is 0 Å². The molecule has 1 N–H and O–H groups in total. The first kappa shape index (κ1) is 13.1. The molecule has 5 heteroatoms. The van der Waals surface area contributed by atoms with Gasteiger partial charge in [0.05, 0.1) is 11.3 Å². The van der Waals surface area contributed by atoms with E-state index >= 15 is 0 Å². The number of aromatic nitrogens is 2. The van der Waals surface area contributed by atoms with E-state index in [1.165, 1.54) is 17.3 Å². The molecular formula is C15H15N3OS. The van der Waals surface area contributed by atoms with Crippen LogP contribution in [0.4, 0.5) is 0 Å². The zero-order valence-electron chi connectivity index (χ0n) is 11.2. The summed E-state index contributed by atoms with van der Waals surface area (Å²) in [7, 11) is 0. The average Bonchev–Trinajstić information content (AvgIpc) is 2.51. The maximum atomic E-state index is 11.9. The average molecular weight is 285 g/mol. The summed E-state index contributed by atoms with van der Waals surface area (Å²) in [5, 5.41) is 3.64. The Morgan fingerprint density at radius 1 is 1.35 bits per heavy atom. The quantitative estimate of drug-likeness (QED) is 0.694. The number of rotatable bonds is 3. The Labute approximate surface area is 122 Å². The molecule has 0 radical (unpaired) electrons. The zero-order valence-corrected chi connectivity index (χ0v) is 12.0. The van der Waals surface area contributed by atoms with Crippen LogP contribution in [0.1, 0.15) is 27.5 Å². The number of benzene rings is 1. The summed E-state index contributed by atoms with van der Waals surface area (Å²) in [5.41, 5.74) is 2.73. The van der Waals surface area contributed by atoms with Crippen molar-refractivity contribution in [1.29, 1.82) is 0 Å². The molecule has 2 heterocycles. The topological polar surface area (TPSA) is 54.9 Å². The first-order valence-corrected chi connectivity index (χ1v) is 7.73. The van der Waals surface area contributed by atoms with Gasteiger partial charge in [-0.25, -0.2) is 9.97 Å². The summed E-state index contributed by atoms with van der Waals surface area (Å²) in [6.07, 6.45) is 4.45. The maximum absolute atomic E-state index is 11.9. The highest BCUT2D eigenvalue weighted by molar-refractivity contribution is 7.98. The molecule has 0 unspecified atom stereocenters. The molecule has 1 aliphatic heterocycles. The second-order valence-electron chi connectivity index (χ2n) is 4.75. The van der Waals surface area contributed by atoms with Gasteiger partial charge in [0.2, 0.25) is 0 Å². The van der Waals surface area contributed by atoms with Crippen molar-refractivity contribution in [2.24, 2.45) is 0 Å². The normalized spacial score (nSPS) is 17.4. The van der Waals surface area contributed by atoms with Crippen molar-refractivity contribution in [2.45, 2.75) is 17.5 Å². The summed E-state index contributed by atoms with van der Waals surface area (Å²) in [6, 6.07) is 10.3. The summed E-state index contributed by atoms with van der Waals surface area (Å²) >= 11 is 1.50. The van der Waals surface area contributed by atoms with E-state index in [1.54, 1.807) is 6.20 Å². The fourth-order valence-electron chi connectivity index (χ4n) is 2.44. The van der Waals surface area contributed by atoms with Gasteiger partial charge in [-0.2, -0.15) is 0 Å². The van der Waals surface area contributed by atoms with Crippen LogP contribution in [0.15, 0.2) is 41.7 Å². The first-order chi connectivity index (χ1) is 9.78. The summed E-state index contributed by atoms with van der Waals surface area (Å²) in [5.74, 6) is 0.135. The molecule has 20 heavy (non-hydrogen) atoms. The predicted molar refractivity (Wildman–Crippen MR) is 79.0 cm³/mol. The number of thioether (sulfide) groups is 1. The van der Waals surface area contributed by atoms with Crippen LogP contribution < -0.4 is 5.32 Å². The van der Waals surface area contributed by atoms with Gasteiger partial charge < -0.3 is 5.32 Å². The minimum absolute atomic E-state index is 0.0723. The van der Waals surface area contributed by atoms with Gasteiger partial charge in [-0.05, 0) is 18.2 Å². The van der Waals surface area contributed by atoms with E-state index in [0.29, 0.717) is 12.1 Å². The molecule has 4 nitrogen and oxygen atoms in total. The lowest BCUT2D eigenvalue weighted by Gasteiger charge is -2.24. The van der Waals surface area contributed by atoms with Crippen LogP contribution in [0.3, 0.4) is 0 Å². The smallest absolute Gasteiger partial charge is 0.254 e. The van der Waals surface area contributed by atoms with E-state index in [9.17, 15) is 4.79 Å². The van der Waals surface area contributed by atoms with Gasteiger partial charge in [-0.3, -0.25) is 4.79 Å². The third kappa shape index (κ3) is 2.54. The van der Waals surface area contributed by atoms with Crippen LogP contribution >= 0.6 is 11.8 Å². The molecule has 102 valence electrons. The van der Waals surface area contributed by atoms with Crippen LogP contribution in [0.25, 0.3) is 0 Å². The molecule has 1 aromatic carbocycles. The van der Waals surface area contributed by atoms with Crippen molar-refractivity contribution >= 4 is 17.7 Å². The number of fused-ring (bicyclic) bond motifs is 1. The van der Waals surface area contributed by atoms with Crippen molar-refractivity contribution in [2.75, 3.05) is 12.8 Å². The molecule has 0 aliphatic carbocycles. The summed E-state index contributed by atoms with van der Waals surface area (Å²) in [4.78, 5) is 20.6. The Bertz CT molecular complexity index is 630. The fraction of sp³-hybridized carbons (Fsp3) is 0.267. The number of carbonyl (C=O) groups excluding carboxylic acids is 1. The molecule has 1 aromatic heterocycles. The third-order valence-corrected chi connectivity index (χ3v) is 4.01. The van der Waals surface area contributed by atoms with E-state index in [-0.39, 0.29) is 11.8 Å². The highest BCUT2D eigenvalue weighted by Crippen LogP contribution is 2.26. The molecule has 0 fully saturated rings. The van der Waals surface area contributed by atoms with E-state index in [4.69, 9.17) is 0 Å². The van der Waals surface area contributed by atoms with Crippen LogP contribution in [0.2, 0.25) is 0 Å². The Kier molecular flexibility index (Phi) is 3.69. The second-order valence-corrected chi connectivity index (χ2v) is 5.53. The standard InChI is InChI=1S/C15H15N3OS/c1-20-15-17-9-12-13(18-15)11(8-16-14(12)19)7-10-5-3-2-4-6-10/h2-6,9,11H,7-8H2,1H3,(H,16,19)/t11-/m1/s1. The Morgan fingerprint density at radius 3 is 2.90 bits per heavy atom. The van der Waals surface area contributed by atoms with E-state index < -0.39 is 0 Å². The highest BCUT2D eigenvalue weighted by Gasteiger charge is 2.27. The minimum Gasteiger partial charge on any atom is -0.351 e. The molecule has 0 spiro atoms. The number of nitrogens with zero attached hydrogens (tertiary/aromatic N) is 2. The van der Waals surface area contributed by atoms with Crippen LogP contribution in [0.5, 0.6) is 0 Å². The molecule has 2 aromatic rings. The molecule has 1 amide bonds. The van der Waals surface area contributed by atoms with Gasteiger partial charge in [0.15, 0.2) is 5.16 Å². The highest BCUT2D eigenvalue weighted by atomic mass is 32.2. The second kappa shape index (κ2) is 5.63. The SMILES string of the molecule is CSc1ncc2c(n1)[C@H](Cc1ccccc1)CNC2=O. The predicted octanol–water partition coefficient (Wildman–Crippen LogP) is 2.27. The van der Waals surface area contributed by atoms with Gasteiger partial charge in [0.25, 0.3) is 5.91 Å². The lowest BCUT2D eigenvalue weighted by Crippen LogP contribution is -2.36. The lowest BCUT2D eigenvalue weighted by atomic mass is 9.90. The molecule has 0 bridgehead atoms. The molecule has 0 saturated carbocycles. The van der Waals surface area contributed by atoms with Crippen molar-refractivity contribution in [1.82, 2.24) is 15.3 Å². The first-order valence-electron chi connectivity index (χ1n) is 6.51. The molecule has 1 atom stereocenters. The molecule has 3 rings (SSSR count). The van der Waals surface area contributed by atoms with Gasteiger partial charge in [-0.1, -0.05) is 42.1 Å². The zero-order chi connectivity index (χ0) is 13.9. The van der Waals surface area contributed by atoms with Crippen molar-refractivity contribution in [3.63, 3.8) is 0 Å². The molecule has 0 saturated heterocycles. The number of amides is 1. The third-order valence-electron chi connectivity index (χ3n) is 3.44. The van der Waals surface area contributed by atoms with Crippen LogP contribution in [0, 0.1) is 0 Å². The fourth-order valence-corrected chi connectivity index (χ4v) is 2.79. The van der Waals surface area contributed by atoms with E-state index in [2.05, 4.69) is 27.4 Å². The van der Waals surface area contributed by atoms with Gasteiger partial charge in [-0.15, -0.1) is 0 Å². The largest absolute Gasteiger partial charge is 0.351 e.